The van der Waals surface area contributed by atoms with Gasteiger partial charge in [0.2, 0.25) is 5.91 Å². The van der Waals surface area contributed by atoms with Crippen molar-refractivity contribution in [3.05, 3.63) is 0 Å². The number of oxime groups is 1. The van der Waals surface area contributed by atoms with Gasteiger partial charge in [0.15, 0.2) is 5.84 Å². The van der Waals surface area contributed by atoms with Gasteiger partial charge in [0.25, 0.3) is 0 Å². The molecule has 3 N–H and O–H groups in total. The molecule has 0 radical (unpaired) electrons. The molecule has 5 heteroatoms. The molecular formula is C15H29N3O2. The van der Waals surface area contributed by atoms with Crippen LogP contribution in [0.4, 0.5) is 0 Å². The van der Waals surface area contributed by atoms with Crippen molar-refractivity contribution in [2.45, 2.75) is 65.8 Å². The molecule has 1 aliphatic carbocycles. The highest BCUT2D eigenvalue weighted by Crippen LogP contribution is 2.43. The Morgan fingerprint density at radius 1 is 1.35 bits per heavy atom. The summed E-state index contributed by atoms with van der Waals surface area (Å²) < 4.78 is 0. The van der Waals surface area contributed by atoms with Crippen LogP contribution in [-0.4, -0.2) is 34.4 Å². The van der Waals surface area contributed by atoms with Crippen LogP contribution in [0.3, 0.4) is 0 Å². The highest BCUT2D eigenvalue weighted by Gasteiger charge is 2.51. The summed E-state index contributed by atoms with van der Waals surface area (Å²) in [5, 5.41) is 12.1. The first-order valence-corrected chi connectivity index (χ1v) is 7.72. The summed E-state index contributed by atoms with van der Waals surface area (Å²) in [6.07, 6.45) is 4.20. The maximum absolute atomic E-state index is 13.0. The number of carbonyl (C=O) groups is 1. The third-order valence-electron chi connectivity index (χ3n) is 4.42. The molecule has 0 aromatic carbocycles. The van der Waals surface area contributed by atoms with Crippen LogP contribution in [0, 0.1) is 11.3 Å². The summed E-state index contributed by atoms with van der Waals surface area (Å²) in [7, 11) is 0. The fraction of sp³-hybridized carbons (Fsp3) is 0.867. The van der Waals surface area contributed by atoms with E-state index in [-0.39, 0.29) is 17.8 Å². The Balaban J connectivity index is 3.03. The molecule has 0 heterocycles. The summed E-state index contributed by atoms with van der Waals surface area (Å²) >= 11 is 0. The van der Waals surface area contributed by atoms with E-state index < -0.39 is 5.41 Å². The van der Waals surface area contributed by atoms with E-state index in [0.29, 0.717) is 18.8 Å². The van der Waals surface area contributed by atoms with Crippen LogP contribution in [0.25, 0.3) is 0 Å². The van der Waals surface area contributed by atoms with Crippen molar-refractivity contribution in [1.29, 1.82) is 0 Å². The van der Waals surface area contributed by atoms with E-state index in [1.54, 1.807) is 0 Å². The molecule has 1 rings (SSSR count). The van der Waals surface area contributed by atoms with E-state index >= 15 is 0 Å². The summed E-state index contributed by atoms with van der Waals surface area (Å²) in [5.41, 5.74) is 5.06. The number of carbonyl (C=O) groups excluding carboxylic acids is 1. The molecule has 0 spiro atoms. The van der Waals surface area contributed by atoms with Crippen LogP contribution in [0.5, 0.6) is 0 Å². The monoisotopic (exact) mass is 283 g/mol. The molecule has 1 amide bonds. The highest BCUT2D eigenvalue weighted by molar-refractivity contribution is 6.07. The van der Waals surface area contributed by atoms with Gasteiger partial charge in [-0.1, -0.05) is 39.3 Å². The maximum atomic E-state index is 13.0. The SMILES string of the molecule is CCC(CC)N(CC(C)C)C(=O)C1(C(N)=NO)CCC1. The van der Waals surface area contributed by atoms with Crippen LogP contribution in [0.15, 0.2) is 5.16 Å². The largest absolute Gasteiger partial charge is 0.409 e. The van der Waals surface area contributed by atoms with E-state index in [4.69, 9.17) is 10.9 Å². The van der Waals surface area contributed by atoms with Crippen LogP contribution in [0.2, 0.25) is 0 Å². The summed E-state index contributed by atoms with van der Waals surface area (Å²) in [6, 6.07) is 0.230. The molecule has 0 aromatic heterocycles. The summed E-state index contributed by atoms with van der Waals surface area (Å²) in [4.78, 5) is 15.0. The average Bonchev–Trinajstić information content (AvgIpc) is 2.36. The first-order chi connectivity index (χ1) is 9.42. The van der Waals surface area contributed by atoms with E-state index in [0.717, 1.165) is 25.8 Å². The number of amidine groups is 1. The van der Waals surface area contributed by atoms with Crippen molar-refractivity contribution in [3.8, 4) is 0 Å². The van der Waals surface area contributed by atoms with Gasteiger partial charge < -0.3 is 15.8 Å². The predicted molar refractivity (Wildman–Crippen MR) is 80.6 cm³/mol. The van der Waals surface area contributed by atoms with Gasteiger partial charge in [-0.15, -0.1) is 0 Å². The zero-order valence-corrected chi connectivity index (χ0v) is 13.2. The molecule has 0 unspecified atom stereocenters. The molecule has 20 heavy (non-hydrogen) atoms. The topological polar surface area (TPSA) is 78.9 Å². The minimum Gasteiger partial charge on any atom is -0.409 e. The van der Waals surface area contributed by atoms with Gasteiger partial charge in [-0.3, -0.25) is 4.79 Å². The molecule has 0 aromatic rings. The van der Waals surface area contributed by atoms with Crippen molar-refractivity contribution in [3.63, 3.8) is 0 Å². The third-order valence-corrected chi connectivity index (χ3v) is 4.42. The van der Waals surface area contributed by atoms with Gasteiger partial charge >= 0.3 is 0 Å². The number of hydrogen-bond acceptors (Lipinski definition) is 3. The number of rotatable bonds is 7. The van der Waals surface area contributed by atoms with Crippen molar-refractivity contribution < 1.29 is 10.0 Å². The van der Waals surface area contributed by atoms with Gasteiger partial charge in [0.05, 0.1) is 0 Å². The zero-order valence-electron chi connectivity index (χ0n) is 13.2. The smallest absolute Gasteiger partial charge is 0.236 e. The van der Waals surface area contributed by atoms with Gasteiger partial charge in [-0.05, 0) is 31.6 Å². The highest BCUT2D eigenvalue weighted by atomic mass is 16.4. The lowest BCUT2D eigenvalue weighted by Crippen LogP contribution is -2.57. The normalized spacial score (nSPS) is 18.2. The Morgan fingerprint density at radius 3 is 2.20 bits per heavy atom. The van der Waals surface area contributed by atoms with Crippen molar-refractivity contribution >= 4 is 11.7 Å². The number of nitrogens with two attached hydrogens (primary N) is 1. The summed E-state index contributed by atoms with van der Waals surface area (Å²) in [5.74, 6) is 0.527. The molecule has 5 nitrogen and oxygen atoms in total. The molecular weight excluding hydrogens is 254 g/mol. The van der Waals surface area contributed by atoms with Crippen LogP contribution in [0.1, 0.15) is 59.8 Å². The maximum Gasteiger partial charge on any atom is 0.236 e. The molecule has 1 aliphatic rings. The second-order valence-electron chi connectivity index (χ2n) is 6.24. The van der Waals surface area contributed by atoms with Crippen molar-refractivity contribution in [2.75, 3.05) is 6.54 Å². The lowest BCUT2D eigenvalue weighted by Gasteiger charge is -2.45. The Kier molecular flexibility index (Phi) is 5.84. The Bertz CT molecular complexity index is 358. The van der Waals surface area contributed by atoms with Gasteiger partial charge in [0.1, 0.15) is 5.41 Å². The van der Waals surface area contributed by atoms with E-state index in [2.05, 4.69) is 32.9 Å². The minimum atomic E-state index is -0.758. The van der Waals surface area contributed by atoms with Crippen molar-refractivity contribution in [2.24, 2.45) is 22.2 Å². The average molecular weight is 283 g/mol. The number of nitrogens with zero attached hydrogens (tertiary/aromatic N) is 2. The Hall–Kier alpha value is -1.26. The second-order valence-corrected chi connectivity index (χ2v) is 6.24. The fourth-order valence-electron chi connectivity index (χ4n) is 3.00. The van der Waals surface area contributed by atoms with E-state index in [1.807, 2.05) is 4.90 Å². The third kappa shape index (κ3) is 3.07. The molecule has 0 saturated heterocycles. The van der Waals surface area contributed by atoms with E-state index in [1.165, 1.54) is 0 Å². The number of amides is 1. The fourth-order valence-corrected chi connectivity index (χ4v) is 3.00. The van der Waals surface area contributed by atoms with Crippen LogP contribution in [-0.2, 0) is 4.79 Å². The van der Waals surface area contributed by atoms with Crippen LogP contribution < -0.4 is 5.73 Å². The van der Waals surface area contributed by atoms with Crippen LogP contribution >= 0.6 is 0 Å². The Labute approximate surface area is 122 Å². The van der Waals surface area contributed by atoms with Gasteiger partial charge in [-0.25, -0.2) is 0 Å². The van der Waals surface area contributed by atoms with E-state index in [9.17, 15) is 4.79 Å². The lowest BCUT2D eigenvalue weighted by molar-refractivity contribution is -0.145. The first kappa shape index (κ1) is 16.8. The van der Waals surface area contributed by atoms with Gasteiger partial charge in [0, 0.05) is 12.6 Å². The molecule has 116 valence electrons. The predicted octanol–water partition coefficient (Wildman–Crippen LogP) is 2.58. The second kappa shape index (κ2) is 6.95. The molecule has 0 atom stereocenters. The first-order valence-electron chi connectivity index (χ1n) is 7.72. The molecule has 0 aliphatic heterocycles. The van der Waals surface area contributed by atoms with Crippen molar-refractivity contribution in [1.82, 2.24) is 4.90 Å². The zero-order chi connectivity index (χ0) is 15.3. The standard InChI is InChI=1S/C15H29N3O2/c1-5-12(6-2)18(10-11(3)4)14(19)15(8-7-9-15)13(16)17-20/h11-12,20H,5-10H2,1-4H3,(H2,16,17). The quantitative estimate of drug-likeness (QED) is 0.326. The lowest BCUT2D eigenvalue weighted by atomic mass is 9.66. The Morgan fingerprint density at radius 2 is 1.90 bits per heavy atom. The minimum absolute atomic E-state index is 0.0430. The van der Waals surface area contributed by atoms with Gasteiger partial charge in [-0.2, -0.15) is 0 Å². The number of hydrogen-bond donors (Lipinski definition) is 2. The molecule has 1 fully saturated rings. The molecule has 0 bridgehead atoms. The summed E-state index contributed by atoms with van der Waals surface area (Å²) in [6.45, 7) is 9.16. The molecule has 1 saturated carbocycles.